The topological polar surface area (TPSA) is 430 Å². The standard InChI is InChI=1S/C56H95ClN12O16/c1-11-34(57)22-19-17-15-13-14-16-18-21-30(5)43-47(75)54(82)64-42(29(3)4)51(79)61-35(12-2)49(77)66-45(32(7)71)53(81)67-44(31(6)70)52(80)62-36(24-25-39(58)72)48(76)60-28-41(74)63-46(33(8)85-10)56(84)68(9)38(27-40(59)73)55(83)69-26-20-23-37(69)50(78)65-43/h12,29-34,36-38,42-47,70-71,75H,11,13-28H2,1-10H3,(H2,58,72)(H2,59,73)(H,60,76)(H,61,79)(H,62,80)(H,63,74)(H,64,82)(H,65,78)(H,66,77)(H,67,81). The number of alkyl halides is 1. The summed E-state index contributed by atoms with van der Waals surface area (Å²) in [7, 11) is 2.38. The van der Waals surface area contributed by atoms with Gasteiger partial charge < -0.3 is 83.9 Å². The third-order valence-electron chi connectivity index (χ3n) is 15.3. The lowest BCUT2D eigenvalue weighted by molar-refractivity contribution is -0.151. The molecule has 29 heteroatoms. The Balaban J connectivity index is 2.76. The number of primary amides is 2. The Morgan fingerprint density at radius 3 is 1.81 bits per heavy atom. The minimum Gasteiger partial charge on any atom is -0.391 e. The molecule has 12 amide bonds. The van der Waals surface area contributed by atoms with E-state index in [-0.39, 0.29) is 24.8 Å². The molecule has 482 valence electrons. The van der Waals surface area contributed by atoms with E-state index in [1.165, 1.54) is 28.0 Å². The van der Waals surface area contributed by atoms with Crippen molar-refractivity contribution in [1.82, 2.24) is 52.3 Å². The molecule has 2 fully saturated rings. The number of allylic oxidation sites excluding steroid dienone is 1. The van der Waals surface area contributed by atoms with E-state index in [1.54, 1.807) is 20.8 Å². The molecule has 2 heterocycles. The molecular formula is C56H95ClN12O16. The minimum absolute atomic E-state index is 0.0403. The number of methoxy groups -OCH3 is 1. The SMILES string of the molecule is CC=C1NC(=O)C(C(C)C)NC(=O)C(O)C(C(C)CCCCCCCCCC(Cl)CC)NC(=O)C2CCCN2C(=O)C(CC(N)=O)N(C)C(=O)C(C(C)OC)NC(=O)CNC(=O)C(CCC(N)=O)NC(=O)C(C(C)O)NC(=O)C(C(C)O)NC1=O. The van der Waals surface area contributed by atoms with Gasteiger partial charge in [-0.05, 0) is 78.1 Å². The zero-order valence-corrected chi connectivity index (χ0v) is 51.6. The first-order chi connectivity index (χ1) is 39.9. The fraction of sp³-hybridized carbons (Fsp3) is 0.750. The van der Waals surface area contributed by atoms with Gasteiger partial charge >= 0.3 is 0 Å². The highest BCUT2D eigenvalue weighted by atomic mass is 35.5. The van der Waals surface area contributed by atoms with Gasteiger partial charge in [0, 0.05) is 32.5 Å². The molecule has 0 aromatic carbocycles. The Morgan fingerprint density at radius 2 is 1.27 bits per heavy atom. The van der Waals surface area contributed by atoms with Crippen LogP contribution in [0.2, 0.25) is 0 Å². The molecule has 0 bridgehead atoms. The van der Waals surface area contributed by atoms with E-state index in [1.807, 2.05) is 6.92 Å². The molecule has 14 atom stereocenters. The van der Waals surface area contributed by atoms with Gasteiger partial charge in [-0.3, -0.25) is 57.5 Å². The van der Waals surface area contributed by atoms with E-state index < -0.39 is 187 Å². The molecule has 2 aliphatic heterocycles. The van der Waals surface area contributed by atoms with Gasteiger partial charge in [-0.25, -0.2) is 0 Å². The minimum atomic E-state index is -2.02. The van der Waals surface area contributed by atoms with Crippen molar-refractivity contribution in [2.45, 2.75) is 230 Å². The van der Waals surface area contributed by atoms with Gasteiger partial charge in [0.25, 0.3) is 11.8 Å². The molecule has 0 aliphatic carbocycles. The molecule has 0 saturated carbocycles. The van der Waals surface area contributed by atoms with Crippen molar-refractivity contribution < 1.29 is 77.6 Å². The lowest BCUT2D eigenvalue weighted by atomic mass is 9.90. The summed E-state index contributed by atoms with van der Waals surface area (Å²) in [5.74, 6) is -13.7. The van der Waals surface area contributed by atoms with Gasteiger partial charge in [0.15, 0.2) is 6.10 Å². The first-order valence-corrected chi connectivity index (χ1v) is 29.8. The number of nitrogens with two attached hydrogens (primary N) is 2. The molecule has 0 aromatic heterocycles. The summed E-state index contributed by atoms with van der Waals surface area (Å²) in [6.45, 7) is 10.9. The maximum absolute atomic E-state index is 14.7. The van der Waals surface area contributed by atoms with Crippen molar-refractivity contribution in [3.05, 3.63) is 11.8 Å². The Hall–Kier alpha value is -6.49. The number of hydrogen-bond acceptors (Lipinski definition) is 16. The van der Waals surface area contributed by atoms with Crippen LogP contribution in [0, 0.1) is 11.8 Å². The van der Waals surface area contributed by atoms with Crippen molar-refractivity contribution in [1.29, 1.82) is 0 Å². The van der Waals surface area contributed by atoms with Crippen LogP contribution < -0.4 is 54.0 Å². The van der Waals surface area contributed by atoms with E-state index in [9.17, 15) is 72.9 Å². The van der Waals surface area contributed by atoms with Crippen molar-refractivity contribution in [3.63, 3.8) is 0 Å². The Morgan fingerprint density at radius 1 is 0.706 bits per heavy atom. The maximum Gasteiger partial charge on any atom is 0.268 e. The van der Waals surface area contributed by atoms with Crippen LogP contribution in [0.5, 0.6) is 0 Å². The number of amides is 12. The number of ether oxygens (including phenoxy) is 1. The van der Waals surface area contributed by atoms with Crippen LogP contribution in [0.15, 0.2) is 11.8 Å². The van der Waals surface area contributed by atoms with E-state index in [2.05, 4.69) is 42.5 Å². The van der Waals surface area contributed by atoms with E-state index >= 15 is 0 Å². The highest BCUT2D eigenvalue weighted by molar-refractivity contribution is 6.20. The maximum atomic E-state index is 14.7. The molecule has 0 radical (unpaired) electrons. The smallest absolute Gasteiger partial charge is 0.268 e. The van der Waals surface area contributed by atoms with Gasteiger partial charge in [0.1, 0.15) is 48.0 Å². The van der Waals surface area contributed by atoms with Crippen LogP contribution in [0.25, 0.3) is 0 Å². The number of aliphatic hydroxyl groups is 3. The summed E-state index contributed by atoms with van der Waals surface area (Å²) < 4.78 is 5.40. The van der Waals surface area contributed by atoms with Crippen molar-refractivity contribution in [2.75, 3.05) is 27.2 Å². The molecule has 28 nitrogen and oxygen atoms in total. The normalized spacial score (nSPS) is 26.9. The van der Waals surface area contributed by atoms with Gasteiger partial charge in [0.2, 0.25) is 59.1 Å². The van der Waals surface area contributed by atoms with Crippen LogP contribution in [0.1, 0.15) is 152 Å². The molecule has 2 rings (SSSR count). The quantitative estimate of drug-likeness (QED) is 0.0316. The van der Waals surface area contributed by atoms with Crippen molar-refractivity contribution >= 4 is 82.5 Å². The fourth-order valence-electron chi connectivity index (χ4n) is 9.87. The molecule has 85 heavy (non-hydrogen) atoms. The first-order valence-electron chi connectivity index (χ1n) is 29.3. The molecule has 0 spiro atoms. The van der Waals surface area contributed by atoms with Crippen molar-refractivity contribution in [3.8, 4) is 0 Å². The molecular weight excluding hydrogens is 1130 g/mol. The monoisotopic (exact) mass is 1230 g/mol. The number of nitrogens with zero attached hydrogens (tertiary/aromatic N) is 2. The molecule has 2 saturated heterocycles. The number of likely N-dealkylation sites (N-methyl/N-ethyl adjacent to an activating group) is 1. The van der Waals surface area contributed by atoms with Gasteiger partial charge in [-0.2, -0.15) is 0 Å². The van der Waals surface area contributed by atoms with Crippen LogP contribution in [-0.2, 0) is 62.3 Å². The number of fused-ring (bicyclic) bond motifs is 1. The average molecular weight is 1230 g/mol. The third-order valence-corrected chi connectivity index (χ3v) is 15.8. The lowest BCUT2D eigenvalue weighted by Crippen LogP contribution is -2.62. The summed E-state index contributed by atoms with van der Waals surface area (Å²) in [6, 6.07) is -12.8. The second-order valence-corrected chi connectivity index (χ2v) is 23.1. The zero-order valence-electron chi connectivity index (χ0n) is 50.8. The van der Waals surface area contributed by atoms with E-state index in [4.69, 9.17) is 27.8 Å². The number of rotatable bonds is 22. The highest BCUT2D eigenvalue weighted by Crippen LogP contribution is 2.25. The molecule has 14 unspecified atom stereocenters. The van der Waals surface area contributed by atoms with Crippen LogP contribution >= 0.6 is 11.6 Å². The number of nitrogens with one attached hydrogen (secondary N) is 8. The molecule has 15 N–H and O–H groups in total. The van der Waals surface area contributed by atoms with Gasteiger partial charge in [0.05, 0.1) is 37.3 Å². The number of hydrogen-bond donors (Lipinski definition) is 13. The fourth-order valence-corrected chi connectivity index (χ4v) is 10.0. The molecule has 2 aliphatic rings. The number of aliphatic hydroxyl groups excluding tert-OH is 3. The van der Waals surface area contributed by atoms with Gasteiger partial charge in [-0.15, -0.1) is 11.6 Å². The lowest BCUT2D eigenvalue weighted by Gasteiger charge is -2.36. The molecule has 0 aromatic rings. The average Bonchev–Trinajstić information content (AvgIpc) is 3.90. The van der Waals surface area contributed by atoms with Crippen LogP contribution in [0.4, 0.5) is 0 Å². The van der Waals surface area contributed by atoms with E-state index in [0.717, 1.165) is 81.1 Å². The zero-order chi connectivity index (χ0) is 64.4. The third kappa shape index (κ3) is 24.1. The predicted molar refractivity (Wildman–Crippen MR) is 311 cm³/mol. The summed E-state index contributed by atoms with van der Waals surface area (Å²) in [5, 5.41) is 52.8. The van der Waals surface area contributed by atoms with E-state index in [0.29, 0.717) is 12.8 Å². The van der Waals surface area contributed by atoms with Crippen LogP contribution in [-0.4, -0.2) is 201 Å². The predicted octanol–water partition coefficient (Wildman–Crippen LogP) is -2.02. The largest absolute Gasteiger partial charge is 0.391 e. The van der Waals surface area contributed by atoms with Crippen LogP contribution in [0.3, 0.4) is 0 Å². The first kappa shape index (κ1) is 74.6. The summed E-state index contributed by atoms with van der Waals surface area (Å²) in [5.41, 5.74) is 10.5. The van der Waals surface area contributed by atoms with Gasteiger partial charge in [-0.1, -0.05) is 78.7 Å². The Labute approximate surface area is 502 Å². The van der Waals surface area contributed by atoms with Crippen molar-refractivity contribution in [2.24, 2.45) is 23.3 Å². The summed E-state index contributed by atoms with van der Waals surface area (Å²) in [4.78, 5) is 167. The summed E-state index contributed by atoms with van der Waals surface area (Å²) >= 11 is 6.28. The Bertz CT molecular complexity index is 2340. The number of unbranched alkanes of at least 4 members (excludes halogenated alkanes) is 6. The number of carbonyl (C=O) groups is 12. The summed E-state index contributed by atoms with van der Waals surface area (Å²) in [6.07, 6.45) is 1.83. The second-order valence-electron chi connectivity index (χ2n) is 22.4. The Kier molecular flexibility index (Phi) is 32.6. The second kappa shape index (κ2) is 37.2. The highest BCUT2D eigenvalue weighted by Gasteiger charge is 2.44. The number of halogens is 1. The number of carbonyl (C=O) groups excluding carboxylic acids is 12.